The first-order chi connectivity index (χ1) is 32.8. The highest BCUT2D eigenvalue weighted by Crippen LogP contribution is 2.66. The van der Waals surface area contributed by atoms with E-state index in [2.05, 4.69) is 27.7 Å². The van der Waals surface area contributed by atoms with Crippen LogP contribution in [0.25, 0.3) is 0 Å². The minimum Gasteiger partial charge on any atom is -0.469 e. The molecule has 4 saturated heterocycles. The second-order valence-corrected chi connectivity index (χ2v) is 24.6. The molecule has 0 bridgehead atoms. The number of amides is 2. The number of aliphatic hydroxyl groups excluding tert-OH is 1. The Morgan fingerprint density at radius 2 is 1.01 bits per heavy atom. The van der Waals surface area contributed by atoms with Crippen molar-refractivity contribution in [1.29, 1.82) is 0 Å². The van der Waals surface area contributed by atoms with Gasteiger partial charge in [0, 0.05) is 45.8 Å². The number of hydrogen-bond donors (Lipinski definition) is 1. The fourth-order valence-corrected chi connectivity index (χ4v) is 12.1. The first-order valence-corrected chi connectivity index (χ1v) is 26.8. The topological polar surface area (TPSA) is 192 Å². The van der Waals surface area contributed by atoms with Crippen LogP contribution in [0.1, 0.15) is 172 Å². The van der Waals surface area contributed by atoms with Crippen molar-refractivity contribution in [1.82, 2.24) is 9.80 Å². The van der Waals surface area contributed by atoms with Gasteiger partial charge in [-0.15, -0.1) is 0 Å². The van der Waals surface area contributed by atoms with Gasteiger partial charge in [-0.05, 0) is 108 Å². The maximum Gasteiger partial charge on any atom is 0.309 e. The lowest BCUT2D eigenvalue weighted by atomic mass is 9.89. The van der Waals surface area contributed by atoms with Crippen molar-refractivity contribution >= 4 is 41.3 Å². The number of nitrogens with zero attached hydrogens (tertiary/aromatic N) is 2. The summed E-state index contributed by atoms with van der Waals surface area (Å²) >= 11 is 0. The Bertz CT molecular complexity index is 1830. The van der Waals surface area contributed by atoms with E-state index in [1.165, 1.54) is 7.11 Å². The molecular weight excluding hydrogens is 897 g/mol. The third kappa shape index (κ3) is 15.3. The first-order valence-electron chi connectivity index (χ1n) is 26.8. The van der Waals surface area contributed by atoms with Crippen LogP contribution in [0.5, 0.6) is 0 Å². The van der Waals surface area contributed by atoms with Gasteiger partial charge >= 0.3 is 17.9 Å². The van der Waals surface area contributed by atoms with Gasteiger partial charge < -0.3 is 38.6 Å². The summed E-state index contributed by atoms with van der Waals surface area (Å²) in [4.78, 5) is 95.9. The summed E-state index contributed by atoms with van der Waals surface area (Å²) < 4.78 is 27.7. The van der Waals surface area contributed by atoms with Crippen LogP contribution in [0, 0.1) is 58.2 Å². The van der Waals surface area contributed by atoms with Gasteiger partial charge in [-0.25, -0.2) is 0 Å². The molecule has 15 heteroatoms. The van der Waals surface area contributed by atoms with Gasteiger partial charge in [-0.1, -0.05) is 79.1 Å². The Morgan fingerprint density at radius 1 is 0.614 bits per heavy atom. The molecule has 0 aromatic rings. The molecule has 4 heterocycles. The number of hydrogen-bond acceptors (Lipinski definition) is 13. The van der Waals surface area contributed by atoms with Crippen molar-refractivity contribution in [3.05, 3.63) is 0 Å². The van der Waals surface area contributed by atoms with Gasteiger partial charge in [-0.2, -0.15) is 0 Å². The van der Waals surface area contributed by atoms with Crippen LogP contribution in [0.3, 0.4) is 0 Å². The Labute approximate surface area is 418 Å². The van der Waals surface area contributed by atoms with Gasteiger partial charge in [0.15, 0.2) is 11.6 Å². The van der Waals surface area contributed by atoms with E-state index in [9.17, 15) is 38.7 Å². The number of ether oxygens (including phenoxy) is 5. The predicted octanol–water partition coefficient (Wildman–Crippen LogP) is 7.69. The van der Waals surface area contributed by atoms with Crippen LogP contribution < -0.4 is 0 Å². The number of piperidine rings is 2. The molecule has 2 aliphatic carbocycles. The minimum atomic E-state index is -0.708. The highest BCUT2D eigenvalue weighted by atomic mass is 16.6. The normalized spacial score (nSPS) is 32.5. The lowest BCUT2D eigenvalue weighted by molar-refractivity contribution is -0.160. The van der Waals surface area contributed by atoms with E-state index >= 15 is 0 Å². The van der Waals surface area contributed by atoms with Crippen LogP contribution in [-0.2, 0) is 57.2 Å². The van der Waals surface area contributed by atoms with E-state index in [-0.39, 0.29) is 103 Å². The number of fused-ring (bicyclic) bond motifs is 6. The third-order valence-corrected chi connectivity index (χ3v) is 16.1. The maximum absolute atomic E-state index is 13.8. The quantitative estimate of drug-likeness (QED) is 0.201. The zero-order valence-corrected chi connectivity index (χ0v) is 44.8. The van der Waals surface area contributed by atoms with E-state index in [0.717, 1.165) is 70.6 Å². The largest absolute Gasteiger partial charge is 0.469 e. The number of carbonyl (C=O) groups is 7. The molecule has 6 aliphatic rings. The number of carbonyl (C=O) groups excluding carboxylic acids is 7. The van der Waals surface area contributed by atoms with Gasteiger partial charge in [0.1, 0.15) is 11.2 Å². The van der Waals surface area contributed by atoms with Crippen molar-refractivity contribution in [3.8, 4) is 0 Å². The zero-order chi connectivity index (χ0) is 51.8. The minimum absolute atomic E-state index is 0.000989. The van der Waals surface area contributed by atoms with Crippen LogP contribution in [-0.4, -0.2) is 133 Å². The van der Waals surface area contributed by atoms with Crippen LogP contribution >= 0.6 is 0 Å². The molecule has 15 nitrogen and oxygen atoms in total. The average molecular weight is 987 g/mol. The Morgan fingerprint density at radius 3 is 1.43 bits per heavy atom. The Balaban J connectivity index is 0.000000261. The molecule has 4 aliphatic heterocycles. The molecule has 6 fully saturated rings. The summed E-state index contributed by atoms with van der Waals surface area (Å²) in [6.07, 6.45) is 11.5. The van der Waals surface area contributed by atoms with Gasteiger partial charge in [0.2, 0.25) is 11.8 Å². The number of rotatable bonds is 6. The van der Waals surface area contributed by atoms with Crippen molar-refractivity contribution in [2.45, 2.75) is 195 Å². The van der Waals surface area contributed by atoms with Gasteiger partial charge in [0.05, 0.1) is 63.0 Å². The van der Waals surface area contributed by atoms with Crippen LogP contribution in [0.4, 0.5) is 0 Å². The average Bonchev–Trinajstić information content (AvgIpc) is 3.71. The molecule has 1 N–H and O–H groups in total. The smallest absolute Gasteiger partial charge is 0.309 e. The predicted molar refractivity (Wildman–Crippen MR) is 263 cm³/mol. The van der Waals surface area contributed by atoms with Gasteiger partial charge in [0.25, 0.3) is 0 Å². The number of methoxy groups -OCH3 is 1. The molecule has 0 radical (unpaired) electrons. The fraction of sp³-hybridized carbons (Fsp3) is 0.873. The summed E-state index contributed by atoms with van der Waals surface area (Å²) in [7, 11) is 1.36. The van der Waals surface area contributed by atoms with Crippen LogP contribution in [0.15, 0.2) is 0 Å². The van der Waals surface area contributed by atoms with Crippen molar-refractivity contribution in [2.24, 2.45) is 58.2 Å². The van der Waals surface area contributed by atoms with E-state index < -0.39 is 53.0 Å². The monoisotopic (exact) mass is 987 g/mol. The Kier molecular flexibility index (Phi) is 20.1. The van der Waals surface area contributed by atoms with Crippen LogP contribution in [0.2, 0.25) is 0 Å². The highest BCUT2D eigenvalue weighted by Gasteiger charge is 2.70. The summed E-state index contributed by atoms with van der Waals surface area (Å²) in [5.41, 5.74) is -1.28. The number of esters is 3. The SMILES string of the molecule is CC(C)(C)OC(=O)C[C@H]1COCCCCCCC[C@@H](CO)CC(=O)[C@@H]2[C@@H]3[C@H](CN2C1=O)C3(C)C.COC(=O)[C@@H]1CCCCCCCOC[C@H](CC(=O)OC(C)(C)C)C(=O)N2C[C@H]3[C@@H]([C@H]2C(=O)C1)C3(C)C. The maximum atomic E-state index is 13.8. The number of aliphatic hydroxyl groups is 1. The van der Waals surface area contributed by atoms with E-state index in [4.69, 9.17) is 23.7 Å². The summed E-state index contributed by atoms with van der Waals surface area (Å²) in [5.74, 6) is -2.85. The molecule has 2 saturated carbocycles. The van der Waals surface area contributed by atoms with E-state index in [1.807, 2.05) is 20.8 Å². The molecule has 70 heavy (non-hydrogen) atoms. The van der Waals surface area contributed by atoms with Crippen molar-refractivity contribution in [2.75, 3.05) is 53.2 Å². The van der Waals surface area contributed by atoms with Crippen molar-refractivity contribution in [3.63, 3.8) is 0 Å². The lowest BCUT2D eigenvalue weighted by Gasteiger charge is -2.33. The van der Waals surface area contributed by atoms with E-state index in [1.54, 1.807) is 30.6 Å². The molecule has 0 spiro atoms. The third-order valence-electron chi connectivity index (χ3n) is 16.1. The molecule has 398 valence electrons. The molecule has 2 amide bonds. The first kappa shape index (κ1) is 57.5. The molecule has 0 unspecified atom stereocenters. The molecular formula is C55H90N2O13. The second kappa shape index (κ2) is 24.5. The molecule has 6 rings (SSSR count). The van der Waals surface area contributed by atoms with Gasteiger partial charge in [-0.3, -0.25) is 33.6 Å². The standard InChI is InChI=1S/C28H45NO7.C27H45NO6/c1-27(2,3)36-22(31)15-19-17-35-13-11-9-7-8-10-12-18(26(33)34-6)14-21(30)24-23-20(28(23,4)5)16-29(24)25(19)32;1-26(2,3)34-22(31)14-19-17-33-12-10-8-6-7-9-11-18(16-29)13-21(30)24-23-20(27(23,4)5)15-28(24)25(19)32/h18-20,23-24H,7-17H2,1-6H3;18-20,23-24,29H,6-17H2,1-5H3/t2*18-,19+,20+,23+,24-/m11/s1. The fourth-order valence-electron chi connectivity index (χ4n) is 12.1. The second-order valence-electron chi connectivity index (χ2n) is 24.6. The number of ketones is 2. The molecule has 0 aromatic carbocycles. The van der Waals surface area contributed by atoms with Crippen molar-refractivity contribution < 1.29 is 62.4 Å². The molecule has 0 aromatic heterocycles. The summed E-state index contributed by atoms with van der Waals surface area (Å²) in [6, 6.07) is -1.06. The molecule has 10 atom stereocenters. The highest BCUT2D eigenvalue weighted by molar-refractivity contribution is 5.95. The Hall–Kier alpha value is -3.43. The summed E-state index contributed by atoms with van der Waals surface area (Å²) in [6.45, 7) is 21.8. The van der Waals surface area contributed by atoms with E-state index in [0.29, 0.717) is 45.1 Å². The summed E-state index contributed by atoms with van der Waals surface area (Å²) in [5, 5.41) is 9.90. The number of Topliss-reactive ketones (excluding diaryl/α,β-unsaturated/α-hetero) is 2. The lowest BCUT2D eigenvalue weighted by Crippen LogP contribution is -2.49. The zero-order valence-electron chi connectivity index (χ0n) is 44.8.